The minimum Gasteiger partial charge on any atom is -0.379 e. The first-order valence-corrected chi connectivity index (χ1v) is 25.5. The highest BCUT2D eigenvalue weighted by molar-refractivity contribution is 5.01. The van der Waals surface area contributed by atoms with E-state index >= 15 is 0 Å². The normalized spacial score (nSPS) is 22.4. The van der Waals surface area contributed by atoms with E-state index in [0.717, 1.165) is 71.3 Å². The zero-order valence-corrected chi connectivity index (χ0v) is 40.3. The van der Waals surface area contributed by atoms with Gasteiger partial charge in [0.05, 0.1) is 18.3 Å². The lowest BCUT2D eigenvalue weighted by molar-refractivity contribution is -0.100. The summed E-state index contributed by atoms with van der Waals surface area (Å²) in [7, 11) is 0. The molecule has 6 heteroatoms. The minimum atomic E-state index is 0.166. The summed E-state index contributed by atoms with van der Waals surface area (Å²) in [5, 5.41) is 3.81. The van der Waals surface area contributed by atoms with E-state index in [1.165, 1.54) is 129 Å². The minimum absolute atomic E-state index is 0.166. The maximum absolute atomic E-state index is 7.07. The van der Waals surface area contributed by atoms with Crippen LogP contribution in [0.25, 0.3) is 0 Å². The molecule has 342 valence electrons. The maximum Gasteiger partial charge on any atom is 0.0636 e. The molecule has 0 aromatic carbocycles. The molecular weight excluding hydrogens is 703 g/mol. The van der Waals surface area contributed by atoms with Crippen LogP contribution in [0.15, 0.2) is 0 Å². The van der Waals surface area contributed by atoms with Gasteiger partial charge in [-0.3, -0.25) is 0 Å². The van der Waals surface area contributed by atoms with Crippen LogP contribution in [0.4, 0.5) is 0 Å². The van der Waals surface area contributed by atoms with Crippen LogP contribution in [0, 0.1) is 34.5 Å². The van der Waals surface area contributed by atoms with Gasteiger partial charge in [-0.2, -0.15) is 0 Å². The summed E-state index contributed by atoms with van der Waals surface area (Å²) >= 11 is 0. The lowest BCUT2D eigenvalue weighted by Crippen LogP contribution is -2.46. The van der Waals surface area contributed by atoms with Crippen molar-refractivity contribution in [2.45, 2.75) is 248 Å². The summed E-state index contributed by atoms with van der Waals surface area (Å²) < 4.78 is 19.7. The fourth-order valence-electron chi connectivity index (χ4n) is 10.1. The van der Waals surface area contributed by atoms with Gasteiger partial charge in [-0.15, -0.1) is 0 Å². The van der Waals surface area contributed by atoms with Crippen LogP contribution in [0.5, 0.6) is 0 Å². The lowest BCUT2D eigenvalue weighted by atomic mass is 9.61. The first-order chi connectivity index (χ1) is 27.5. The smallest absolute Gasteiger partial charge is 0.0636 e. The molecule has 0 bridgehead atoms. The Kier molecular flexibility index (Phi) is 33.0. The predicted octanol–water partition coefficient (Wildman–Crippen LogP) is 13.4. The van der Waals surface area contributed by atoms with Crippen molar-refractivity contribution in [3.05, 3.63) is 0 Å². The van der Waals surface area contributed by atoms with Crippen molar-refractivity contribution < 1.29 is 14.2 Å². The fourth-order valence-corrected chi connectivity index (χ4v) is 10.1. The van der Waals surface area contributed by atoms with Crippen molar-refractivity contribution in [3.63, 3.8) is 0 Å². The lowest BCUT2D eigenvalue weighted by Gasteiger charge is -2.48. The highest BCUT2D eigenvalue weighted by Gasteiger charge is 2.52. The molecule has 6 nitrogen and oxygen atoms in total. The number of hydrogen-bond donors (Lipinski definition) is 3. The summed E-state index contributed by atoms with van der Waals surface area (Å²) in [4.78, 5) is 0. The molecule has 1 rings (SSSR count). The molecule has 0 amide bonds. The summed E-state index contributed by atoms with van der Waals surface area (Å²) in [6.45, 7) is 28.1. The molecule has 0 unspecified atom stereocenters. The Labute approximate surface area is 358 Å². The zero-order valence-electron chi connectivity index (χ0n) is 40.3. The van der Waals surface area contributed by atoms with E-state index in [-0.39, 0.29) is 16.9 Å². The van der Waals surface area contributed by atoms with Crippen molar-refractivity contribution in [2.24, 2.45) is 46.0 Å². The highest BCUT2D eigenvalue weighted by atomic mass is 16.5. The summed E-state index contributed by atoms with van der Waals surface area (Å²) in [6, 6.07) is 0. The molecule has 0 aliphatic heterocycles. The molecule has 0 aromatic heterocycles. The molecule has 9 atom stereocenters. The van der Waals surface area contributed by atoms with Crippen LogP contribution in [0.2, 0.25) is 0 Å². The van der Waals surface area contributed by atoms with E-state index in [9.17, 15) is 0 Å². The molecular formula is C51H105N3O3. The SMILES string of the molecule is CCCCCCCCCCCCCCNCCC[C@@H](C)[C@H]1CC[C@@H](C)[C@]1(C)[C@H](C[C@@H](C)[C@@](C)(CC[C@H](CC)OCCCN)CC[C@H](C)OCCCC)OCCCN. The van der Waals surface area contributed by atoms with Gasteiger partial charge < -0.3 is 31.0 Å². The van der Waals surface area contributed by atoms with Crippen LogP contribution >= 0.6 is 0 Å². The second-order valence-electron chi connectivity index (χ2n) is 19.7. The van der Waals surface area contributed by atoms with Crippen LogP contribution < -0.4 is 16.8 Å². The fraction of sp³-hybridized carbons (Fsp3) is 1.00. The van der Waals surface area contributed by atoms with Crippen molar-refractivity contribution in [1.82, 2.24) is 5.32 Å². The zero-order chi connectivity index (χ0) is 42.2. The van der Waals surface area contributed by atoms with Crippen molar-refractivity contribution in [3.8, 4) is 0 Å². The molecule has 0 spiro atoms. The standard InChI is InChI=1S/C51H105N3O3/c1-10-13-15-16-17-18-19-20-21-22-23-24-37-54-38-25-28-43(4)48-30-29-44(5)51(48,9)49(57-41-27-36-53)42-45(6)50(8,33-31-46(7)55-39-14-11-2)34-32-47(12-3)56-40-26-35-52/h43-49,54H,10-42,52-53H2,1-9H3/t43-,44-,45-,46+,47+,48-,49+,50-,51+/m1/s1. The number of unbranched alkanes of at least 4 members (excludes halogenated alkanes) is 12. The third kappa shape index (κ3) is 23.0. The number of rotatable bonds is 41. The van der Waals surface area contributed by atoms with E-state index in [1.807, 2.05) is 0 Å². The van der Waals surface area contributed by atoms with Gasteiger partial charge in [-0.05, 0) is 157 Å². The van der Waals surface area contributed by atoms with Crippen LogP contribution in [-0.4, -0.2) is 64.3 Å². The van der Waals surface area contributed by atoms with Gasteiger partial charge in [-0.25, -0.2) is 0 Å². The molecule has 1 fully saturated rings. The molecule has 0 saturated heterocycles. The average Bonchev–Trinajstić information content (AvgIpc) is 3.51. The number of ether oxygens (including phenoxy) is 3. The molecule has 1 aliphatic rings. The van der Waals surface area contributed by atoms with E-state index in [1.54, 1.807) is 0 Å². The van der Waals surface area contributed by atoms with Gasteiger partial charge in [0.15, 0.2) is 0 Å². The van der Waals surface area contributed by atoms with E-state index < -0.39 is 0 Å². The van der Waals surface area contributed by atoms with Gasteiger partial charge in [-0.1, -0.05) is 132 Å². The molecule has 5 N–H and O–H groups in total. The van der Waals surface area contributed by atoms with E-state index in [0.29, 0.717) is 49.0 Å². The van der Waals surface area contributed by atoms with Gasteiger partial charge in [0.1, 0.15) is 0 Å². The summed E-state index contributed by atoms with van der Waals surface area (Å²) in [5.74, 6) is 2.57. The summed E-state index contributed by atoms with van der Waals surface area (Å²) in [6.07, 6.45) is 34.0. The second-order valence-corrected chi connectivity index (χ2v) is 19.7. The van der Waals surface area contributed by atoms with Crippen LogP contribution in [-0.2, 0) is 14.2 Å². The predicted molar refractivity (Wildman–Crippen MR) is 250 cm³/mol. The quantitative estimate of drug-likeness (QED) is 0.0533. The Bertz CT molecular complexity index is 892. The molecule has 1 saturated carbocycles. The molecule has 57 heavy (non-hydrogen) atoms. The van der Waals surface area contributed by atoms with Crippen LogP contribution in [0.3, 0.4) is 0 Å². The Balaban J connectivity index is 2.85. The molecule has 1 aliphatic carbocycles. The Morgan fingerprint density at radius 2 is 1.19 bits per heavy atom. The summed E-state index contributed by atoms with van der Waals surface area (Å²) in [5.41, 5.74) is 12.2. The first kappa shape index (κ1) is 54.8. The van der Waals surface area contributed by atoms with Crippen molar-refractivity contribution in [2.75, 3.05) is 46.0 Å². The molecule has 0 heterocycles. The van der Waals surface area contributed by atoms with Gasteiger partial charge in [0, 0.05) is 19.8 Å². The monoisotopic (exact) mass is 808 g/mol. The van der Waals surface area contributed by atoms with Crippen molar-refractivity contribution >= 4 is 0 Å². The number of nitrogens with one attached hydrogen (secondary N) is 1. The highest BCUT2D eigenvalue weighted by Crippen LogP contribution is 2.56. The van der Waals surface area contributed by atoms with Gasteiger partial charge >= 0.3 is 0 Å². The first-order valence-electron chi connectivity index (χ1n) is 25.5. The largest absolute Gasteiger partial charge is 0.379 e. The third-order valence-corrected chi connectivity index (χ3v) is 15.0. The number of nitrogens with two attached hydrogens (primary N) is 2. The van der Waals surface area contributed by atoms with Crippen LogP contribution in [0.1, 0.15) is 229 Å². The average molecular weight is 808 g/mol. The maximum atomic E-state index is 7.07. The Morgan fingerprint density at radius 3 is 1.79 bits per heavy atom. The van der Waals surface area contributed by atoms with Gasteiger partial charge in [0.25, 0.3) is 0 Å². The van der Waals surface area contributed by atoms with Crippen molar-refractivity contribution in [1.29, 1.82) is 0 Å². The Hall–Kier alpha value is -0.240. The van der Waals surface area contributed by atoms with E-state index in [2.05, 4.69) is 67.6 Å². The van der Waals surface area contributed by atoms with Gasteiger partial charge in [0.2, 0.25) is 0 Å². The second kappa shape index (κ2) is 34.4. The Morgan fingerprint density at radius 1 is 0.649 bits per heavy atom. The third-order valence-electron chi connectivity index (χ3n) is 15.0. The number of hydrogen-bond acceptors (Lipinski definition) is 6. The molecule has 0 radical (unpaired) electrons. The topological polar surface area (TPSA) is 91.8 Å². The molecule has 0 aromatic rings. The van der Waals surface area contributed by atoms with E-state index in [4.69, 9.17) is 25.7 Å².